The van der Waals surface area contributed by atoms with Gasteiger partial charge >= 0.3 is 6.09 Å². The summed E-state index contributed by atoms with van der Waals surface area (Å²) in [4.78, 5) is 11.2. The number of rotatable bonds is 1. The van der Waals surface area contributed by atoms with Gasteiger partial charge < -0.3 is 20.3 Å². The van der Waals surface area contributed by atoms with Gasteiger partial charge in [0.2, 0.25) is 0 Å². The molecular formula is C12H15NO4. The number of amides is 1. The van der Waals surface area contributed by atoms with Crippen LogP contribution in [0.1, 0.15) is 25.5 Å². The summed E-state index contributed by atoms with van der Waals surface area (Å²) in [6.45, 7) is 4.18. The van der Waals surface area contributed by atoms with Crippen LogP contribution in [0.2, 0.25) is 0 Å². The lowest BCUT2D eigenvalue weighted by Gasteiger charge is -2.38. The normalized spacial score (nSPS) is 22.7. The molecule has 1 atom stereocenters. The van der Waals surface area contributed by atoms with Crippen LogP contribution in [0.25, 0.3) is 0 Å². The molecule has 5 nitrogen and oxygen atoms in total. The summed E-state index contributed by atoms with van der Waals surface area (Å²) in [5.41, 5.74) is 0.345. The predicted molar refractivity (Wildman–Crippen MR) is 60.8 cm³/mol. The second kappa shape index (κ2) is 3.84. The molecule has 1 fully saturated rings. The Hall–Kier alpha value is -1.91. The first kappa shape index (κ1) is 11.6. The Bertz CT molecular complexity index is 436. The first-order valence-corrected chi connectivity index (χ1v) is 5.35. The number of phenolic OH excluding ortho intramolecular Hbond substituents is 2. The highest BCUT2D eigenvalue weighted by Gasteiger charge is 2.38. The molecule has 1 saturated heterocycles. The molecular weight excluding hydrogens is 222 g/mol. The van der Waals surface area contributed by atoms with Gasteiger partial charge in [-0.1, -0.05) is 13.8 Å². The molecule has 2 rings (SSSR count). The fraction of sp³-hybridized carbons (Fsp3) is 0.417. The number of cyclic esters (lactones) is 1. The Balaban J connectivity index is 2.39. The third-order valence-corrected chi connectivity index (χ3v) is 2.88. The van der Waals surface area contributed by atoms with E-state index in [4.69, 9.17) is 4.74 Å². The highest BCUT2D eigenvalue weighted by atomic mass is 16.6. The van der Waals surface area contributed by atoms with Crippen LogP contribution in [0.15, 0.2) is 18.2 Å². The predicted octanol–water partition coefficient (Wildman–Crippen LogP) is 1.90. The van der Waals surface area contributed by atoms with Gasteiger partial charge in [0.15, 0.2) is 0 Å². The number of hydrogen-bond donors (Lipinski definition) is 3. The monoisotopic (exact) mass is 237 g/mol. The Morgan fingerprint density at radius 3 is 2.47 bits per heavy atom. The number of carbonyl (C=O) groups is 1. The summed E-state index contributed by atoms with van der Waals surface area (Å²) in [5.74, 6) is -0.0620. The molecule has 17 heavy (non-hydrogen) atoms. The molecule has 1 aliphatic heterocycles. The maximum Gasteiger partial charge on any atom is 0.407 e. The molecule has 92 valence electrons. The lowest BCUT2D eigenvalue weighted by atomic mass is 9.80. The van der Waals surface area contributed by atoms with Gasteiger partial charge in [0, 0.05) is 11.5 Å². The summed E-state index contributed by atoms with van der Waals surface area (Å²) < 4.78 is 4.93. The fourth-order valence-electron chi connectivity index (χ4n) is 2.01. The van der Waals surface area contributed by atoms with Crippen molar-refractivity contribution >= 4 is 6.09 Å². The van der Waals surface area contributed by atoms with Gasteiger partial charge in [-0.2, -0.15) is 0 Å². The number of hydrogen-bond acceptors (Lipinski definition) is 4. The SMILES string of the molecule is CC1(C)COC(=O)N[C@H]1c1cc(O)cc(O)c1. The van der Waals surface area contributed by atoms with E-state index in [9.17, 15) is 15.0 Å². The second-order valence-corrected chi connectivity index (χ2v) is 4.92. The van der Waals surface area contributed by atoms with Crippen LogP contribution < -0.4 is 5.32 Å². The van der Waals surface area contributed by atoms with Gasteiger partial charge in [0.25, 0.3) is 0 Å². The quantitative estimate of drug-likeness (QED) is 0.697. The van der Waals surface area contributed by atoms with E-state index in [2.05, 4.69) is 5.32 Å². The van der Waals surface area contributed by atoms with E-state index < -0.39 is 6.09 Å². The molecule has 0 spiro atoms. The molecule has 0 bridgehead atoms. The first-order valence-electron chi connectivity index (χ1n) is 5.35. The molecule has 0 saturated carbocycles. The number of alkyl carbamates (subject to hydrolysis) is 1. The van der Waals surface area contributed by atoms with E-state index in [0.29, 0.717) is 12.2 Å². The van der Waals surface area contributed by atoms with Gasteiger partial charge in [-0.25, -0.2) is 4.79 Å². The van der Waals surface area contributed by atoms with Gasteiger partial charge in [-0.3, -0.25) is 0 Å². The van der Waals surface area contributed by atoms with Crippen molar-refractivity contribution in [3.05, 3.63) is 23.8 Å². The molecule has 0 radical (unpaired) electrons. The molecule has 1 aliphatic rings. The minimum absolute atomic E-state index is 0.0310. The first-order chi connectivity index (χ1) is 7.88. The summed E-state index contributed by atoms with van der Waals surface area (Å²) in [5, 5.41) is 21.6. The van der Waals surface area contributed by atoms with Crippen LogP contribution in [0, 0.1) is 5.41 Å². The summed E-state index contributed by atoms with van der Waals surface area (Å²) in [6, 6.07) is 3.99. The zero-order valence-corrected chi connectivity index (χ0v) is 9.73. The molecule has 0 aromatic heterocycles. The zero-order chi connectivity index (χ0) is 12.6. The second-order valence-electron chi connectivity index (χ2n) is 4.92. The van der Waals surface area contributed by atoms with Crippen molar-refractivity contribution in [2.75, 3.05) is 6.61 Å². The van der Waals surface area contributed by atoms with Gasteiger partial charge in [-0.05, 0) is 17.7 Å². The third kappa shape index (κ3) is 2.27. The van der Waals surface area contributed by atoms with Crippen LogP contribution in [0.5, 0.6) is 11.5 Å². The summed E-state index contributed by atoms with van der Waals surface area (Å²) >= 11 is 0. The van der Waals surface area contributed by atoms with E-state index in [1.165, 1.54) is 18.2 Å². The standard InChI is InChI=1S/C12H15NO4/c1-12(2)6-17-11(16)13-10(12)7-3-8(14)5-9(15)4-7/h3-5,10,14-15H,6H2,1-2H3,(H,13,16)/t10-/m0/s1. The average Bonchev–Trinajstić information content (AvgIpc) is 2.20. The number of aromatic hydroxyl groups is 2. The van der Waals surface area contributed by atoms with Crippen molar-refractivity contribution in [2.45, 2.75) is 19.9 Å². The van der Waals surface area contributed by atoms with E-state index in [1.54, 1.807) is 0 Å². The van der Waals surface area contributed by atoms with E-state index >= 15 is 0 Å². The minimum atomic E-state index is -0.489. The number of ether oxygens (including phenoxy) is 1. The average molecular weight is 237 g/mol. The van der Waals surface area contributed by atoms with E-state index in [1.807, 2.05) is 13.8 Å². The number of carbonyl (C=O) groups excluding carboxylic acids is 1. The number of benzene rings is 1. The molecule has 5 heteroatoms. The molecule has 0 aliphatic carbocycles. The molecule has 1 aromatic rings. The van der Waals surface area contributed by atoms with Gasteiger partial charge in [-0.15, -0.1) is 0 Å². The molecule has 1 heterocycles. The van der Waals surface area contributed by atoms with Crippen LogP contribution in [-0.2, 0) is 4.74 Å². The minimum Gasteiger partial charge on any atom is -0.508 e. The lowest BCUT2D eigenvalue weighted by Crippen LogP contribution is -2.46. The zero-order valence-electron chi connectivity index (χ0n) is 9.73. The molecule has 1 aromatic carbocycles. The largest absolute Gasteiger partial charge is 0.508 e. The van der Waals surface area contributed by atoms with Crippen LogP contribution in [0.4, 0.5) is 4.79 Å². The fourth-order valence-corrected chi connectivity index (χ4v) is 2.01. The Kier molecular flexibility index (Phi) is 2.61. The van der Waals surface area contributed by atoms with Crippen molar-refractivity contribution in [2.24, 2.45) is 5.41 Å². The van der Waals surface area contributed by atoms with Crippen LogP contribution in [-0.4, -0.2) is 22.9 Å². The molecule has 1 amide bonds. The third-order valence-electron chi connectivity index (χ3n) is 2.88. The highest BCUT2D eigenvalue weighted by Crippen LogP contribution is 2.38. The number of nitrogens with one attached hydrogen (secondary N) is 1. The smallest absolute Gasteiger partial charge is 0.407 e. The Morgan fingerprint density at radius 2 is 1.88 bits per heavy atom. The molecule has 0 unspecified atom stereocenters. The Morgan fingerprint density at radius 1 is 1.29 bits per heavy atom. The maximum atomic E-state index is 11.2. The van der Waals surface area contributed by atoms with Crippen molar-refractivity contribution in [3.8, 4) is 11.5 Å². The lowest BCUT2D eigenvalue weighted by molar-refractivity contribution is 0.0386. The van der Waals surface area contributed by atoms with Crippen LogP contribution >= 0.6 is 0 Å². The maximum absolute atomic E-state index is 11.2. The van der Waals surface area contributed by atoms with Crippen molar-refractivity contribution in [3.63, 3.8) is 0 Å². The van der Waals surface area contributed by atoms with Crippen molar-refractivity contribution in [1.82, 2.24) is 5.32 Å². The number of phenols is 2. The summed E-state index contributed by atoms with van der Waals surface area (Å²) in [7, 11) is 0. The van der Waals surface area contributed by atoms with Gasteiger partial charge in [0.05, 0.1) is 6.04 Å². The van der Waals surface area contributed by atoms with Crippen molar-refractivity contribution < 1.29 is 19.7 Å². The van der Waals surface area contributed by atoms with Crippen LogP contribution in [0.3, 0.4) is 0 Å². The van der Waals surface area contributed by atoms with E-state index in [0.717, 1.165) is 0 Å². The van der Waals surface area contributed by atoms with Gasteiger partial charge in [0.1, 0.15) is 18.1 Å². The Labute approximate surface area is 99.0 Å². The summed E-state index contributed by atoms with van der Waals surface area (Å²) in [6.07, 6.45) is -0.489. The topological polar surface area (TPSA) is 78.8 Å². The van der Waals surface area contributed by atoms with Crippen molar-refractivity contribution in [1.29, 1.82) is 0 Å². The van der Waals surface area contributed by atoms with E-state index in [-0.39, 0.29) is 23.0 Å². The molecule has 3 N–H and O–H groups in total. The highest BCUT2D eigenvalue weighted by molar-refractivity contribution is 5.69.